The number of methoxy groups -OCH3 is 3. The van der Waals surface area contributed by atoms with Crippen molar-refractivity contribution in [3.05, 3.63) is 12.1 Å². The lowest BCUT2D eigenvalue weighted by Crippen LogP contribution is -1.96. The maximum absolute atomic E-state index is 5.83. The molecule has 1 aromatic carbocycles. The van der Waals surface area contributed by atoms with Crippen LogP contribution in [0.2, 0.25) is 0 Å². The average Bonchev–Trinajstić information content (AvgIpc) is 2.75. The summed E-state index contributed by atoms with van der Waals surface area (Å²) < 4.78 is 15.9. The van der Waals surface area contributed by atoms with Crippen molar-refractivity contribution in [2.24, 2.45) is 0 Å². The minimum absolute atomic E-state index is 0.386. The quantitative estimate of drug-likeness (QED) is 0.890. The van der Waals surface area contributed by atoms with Gasteiger partial charge in [0, 0.05) is 5.56 Å². The third kappa shape index (κ3) is 2.37. The lowest BCUT2D eigenvalue weighted by molar-refractivity contribution is 0.324. The molecule has 0 saturated carbocycles. The molecular weight excluding hydrogens is 266 g/mol. The van der Waals surface area contributed by atoms with E-state index in [9.17, 15) is 0 Å². The van der Waals surface area contributed by atoms with Crippen LogP contribution in [0.15, 0.2) is 12.1 Å². The molecule has 0 bridgehead atoms. The molecule has 1 aromatic heterocycles. The smallest absolute Gasteiger partial charge is 0.203 e. The van der Waals surface area contributed by atoms with Gasteiger partial charge in [-0.2, -0.15) is 0 Å². The zero-order valence-electron chi connectivity index (χ0n) is 10.9. The van der Waals surface area contributed by atoms with Gasteiger partial charge in [-0.1, -0.05) is 11.3 Å². The molecule has 0 unspecified atom stereocenters. The molecule has 0 spiro atoms. The first-order valence-corrected chi connectivity index (χ1v) is 6.24. The SMILES string of the molecule is COc1cc(-c2sc(N)nc2N)cc(OC)c1OC. The van der Waals surface area contributed by atoms with Gasteiger partial charge in [-0.3, -0.25) is 0 Å². The first kappa shape index (κ1) is 13.3. The molecule has 0 amide bonds. The summed E-state index contributed by atoms with van der Waals surface area (Å²) in [6.07, 6.45) is 0. The van der Waals surface area contributed by atoms with Gasteiger partial charge >= 0.3 is 0 Å². The van der Waals surface area contributed by atoms with Crippen LogP contribution in [0.5, 0.6) is 17.2 Å². The zero-order chi connectivity index (χ0) is 14.0. The molecule has 0 saturated heterocycles. The summed E-state index contributed by atoms with van der Waals surface area (Å²) in [5.41, 5.74) is 12.3. The van der Waals surface area contributed by atoms with Crippen molar-refractivity contribution < 1.29 is 14.2 Å². The summed E-state index contributed by atoms with van der Waals surface area (Å²) >= 11 is 1.31. The van der Waals surface area contributed by atoms with Crippen molar-refractivity contribution in [2.45, 2.75) is 0 Å². The normalized spacial score (nSPS) is 10.3. The van der Waals surface area contributed by atoms with Gasteiger partial charge in [0.15, 0.2) is 16.6 Å². The molecule has 2 rings (SSSR count). The molecule has 6 nitrogen and oxygen atoms in total. The predicted octanol–water partition coefficient (Wildman–Crippen LogP) is 2.00. The molecule has 0 aliphatic heterocycles. The third-order valence-electron chi connectivity index (χ3n) is 2.60. The molecule has 0 atom stereocenters. The van der Waals surface area contributed by atoms with E-state index in [4.69, 9.17) is 25.7 Å². The van der Waals surface area contributed by atoms with E-state index in [1.54, 1.807) is 21.3 Å². The van der Waals surface area contributed by atoms with E-state index in [0.717, 1.165) is 10.4 Å². The highest BCUT2D eigenvalue weighted by Gasteiger charge is 2.17. The van der Waals surface area contributed by atoms with Crippen molar-refractivity contribution in [1.29, 1.82) is 0 Å². The monoisotopic (exact) mass is 281 g/mol. The van der Waals surface area contributed by atoms with Crippen LogP contribution in [0.1, 0.15) is 0 Å². The molecule has 19 heavy (non-hydrogen) atoms. The number of anilines is 2. The van der Waals surface area contributed by atoms with Gasteiger partial charge < -0.3 is 25.7 Å². The molecule has 0 fully saturated rings. The fourth-order valence-corrected chi connectivity index (χ4v) is 2.51. The van der Waals surface area contributed by atoms with Gasteiger partial charge in [0.1, 0.15) is 5.82 Å². The molecule has 0 aliphatic rings. The van der Waals surface area contributed by atoms with Crippen LogP contribution in [0.3, 0.4) is 0 Å². The Kier molecular flexibility index (Phi) is 3.66. The van der Waals surface area contributed by atoms with E-state index >= 15 is 0 Å². The second-order valence-corrected chi connectivity index (χ2v) is 4.71. The van der Waals surface area contributed by atoms with E-state index in [1.165, 1.54) is 11.3 Å². The van der Waals surface area contributed by atoms with Crippen LogP contribution in [-0.4, -0.2) is 26.3 Å². The Morgan fingerprint density at radius 2 is 1.58 bits per heavy atom. The van der Waals surface area contributed by atoms with Crippen LogP contribution < -0.4 is 25.7 Å². The highest BCUT2D eigenvalue weighted by molar-refractivity contribution is 7.19. The number of rotatable bonds is 4. The number of hydrogen-bond acceptors (Lipinski definition) is 7. The fraction of sp³-hybridized carbons (Fsp3) is 0.250. The zero-order valence-corrected chi connectivity index (χ0v) is 11.7. The maximum Gasteiger partial charge on any atom is 0.203 e. The average molecular weight is 281 g/mol. The van der Waals surface area contributed by atoms with Crippen LogP contribution >= 0.6 is 11.3 Å². The van der Waals surface area contributed by atoms with E-state index in [2.05, 4.69) is 4.98 Å². The van der Waals surface area contributed by atoms with Crippen LogP contribution in [0.4, 0.5) is 10.9 Å². The first-order valence-electron chi connectivity index (χ1n) is 5.42. The number of nitrogens with two attached hydrogens (primary N) is 2. The van der Waals surface area contributed by atoms with Crippen molar-refractivity contribution in [3.8, 4) is 27.7 Å². The summed E-state index contributed by atoms with van der Waals surface area (Å²) in [6, 6.07) is 3.62. The number of ether oxygens (including phenoxy) is 3. The Labute approximate surface area is 114 Å². The van der Waals surface area contributed by atoms with E-state index in [-0.39, 0.29) is 0 Å². The number of nitrogens with zero attached hydrogens (tertiary/aromatic N) is 1. The topological polar surface area (TPSA) is 92.6 Å². The summed E-state index contributed by atoms with van der Waals surface area (Å²) in [4.78, 5) is 4.78. The Balaban J connectivity index is 2.62. The lowest BCUT2D eigenvalue weighted by atomic mass is 10.1. The minimum atomic E-state index is 0.386. The van der Waals surface area contributed by atoms with E-state index in [0.29, 0.717) is 28.2 Å². The Morgan fingerprint density at radius 3 is 1.95 bits per heavy atom. The minimum Gasteiger partial charge on any atom is -0.493 e. The molecule has 7 heteroatoms. The highest BCUT2D eigenvalue weighted by Crippen LogP contribution is 2.44. The number of hydrogen-bond donors (Lipinski definition) is 2. The van der Waals surface area contributed by atoms with Crippen LogP contribution in [0.25, 0.3) is 10.4 Å². The van der Waals surface area contributed by atoms with Gasteiger partial charge in [-0.15, -0.1) is 0 Å². The molecule has 2 aromatic rings. The highest BCUT2D eigenvalue weighted by atomic mass is 32.1. The van der Waals surface area contributed by atoms with Crippen molar-refractivity contribution in [3.63, 3.8) is 0 Å². The molecular formula is C12H15N3O3S. The van der Waals surface area contributed by atoms with Crippen molar-refractivity contribution >= 4 is 22.3 Å². The van der Waals surface area contributed by atoms with Gasteiger partial charge in [0.25, 0.3) is 0 Å². The van der Waals surface area contributed by atoms with E-state index < -0.39 is 0 Å². The van der Waals surface area contributed by atoms with Gasteiger partial charge in [0.05, 0.1) is 26.2 Å². The molecule has 4 N–H and O–H groups in total. The van der Waals surface area contributed by atoms with Gasteiger partial charge in [-0.25, -0.2) is 4.98 Å². The molecule has 0 aliphatic carbocycles. The number of thiazole rings is 1. The summed E-state index contributed by atoms with van der Waals surface area (Å²) in [5, 5.41) is 0.418. The first-order chi connectivity index (χ1) is 9.10. The van der Waals surface area contributed by atoms with Gasteiger partial charge in [-0.05, 0) is 12.1 Å². The van der Waals surface area contributed by atoms with Crippen molar-refractivity contribution in [2.75, 3.05) is 32.8 Å². The second-order valence-electron chi connectivity index (χ2n) is 3.68. The summed E-state index contributed by atoms with van der Waals surface area (Å²) in [5.74, 6) is 2.04. The number of nitrogen functional groups attached to an aromatic ring is 2. The summed E-state index contributed by atoms with van der Waals surface area (Å²) in [7, 11) is 4.68. The summed E-state index contributed by atoms with van der Waals surface area (Å²) in [6.45, 7) is 0. The standard InChI is InChI=1S/C12H15N3O3S/c1-16-7-4-6(5-8(17-2)9(7)18-3)10-11(13)15-12(14)19-10/h4-5H,13H2,1-3H3,(H2,14,15). The van der Waals surface area contributed by atoms with E-state index in [1.807, 2.05) is 12.1 Å². The molecule has 1 heterocycles. The molecule has 102 valence electrons. The van der Waals surface area contributed by atoms with Crippen LogP contribution in [0, 0.1) is 0 Å². The largest absolute Gasteiger partial charge is 0.493 e. The van der Waals surface area contributed by atoms with Crippen molar-refractivity contribution in [1.82, 2.24) is 4.98 Å². The van der Waals surface area contributed by atoms with Gasteiger partial charge in [0.2, 0.25) is 5.75 Å². The third-order valence-corrected chi connectivity index (χ3v) is 3.55. The second kappa shape index (κ2) is 5.23. The van der Waals surface area contributed by atoms with Crippen LogP contribution in [-0.2, 0) is 0 Å². The fourth-order valence-electron chi connectivity index (χ4n) is 1.77. The Morgan fingerprint density at radius 1 is 1.00 bits per heavy atom. The number of aromatic nitrogens is 1. The Hall–Kier alpha value is -2.15. The maximum atomic E-state index is 5.83. The molecule has 0 radical (unpaired) electrons. The lowest BCUT2D eigenvalue weighted by Gasteiger charge is -2.13. The predicted molar refractivity (Wildman–Crippen MR) is 76.0 cm³/mol. The number of benzene rings is 1. The Bertz CT molecular complexity index is 573.